The molecule has 5 heteroatoms. The largest absolute Gasteiger partial charge is 0.481 e. The van der Waals surface area contributed by atoms with Crippen LogP contribution in [0, 0.1) is 5.92 Å². The number of anilines is 1. The summed E-state index contributed by atoms with van der Waals surface area (Å²) in [6.07, 6.45) is 6.22. The molecule has 1 heterocycles. The van der Waals surface area contributed by atoms with Crippen molar-refractivity contribution in [2.75, 3.05) is 12.8 Å². The highest BCUT2D eigenvalue weighted by Crippen LogP contribution is 2.30. The number of methoxy groups -OCH3 is 1. The molecule has 0 aromatic carbocycles. The van der Waals surface area contributed by atoms with Gasteiger partial charge in [0.25, 0.3) is 0 Å². The molecular formula is C13H21N3O2. The van der Waals surface area contributed by atoms with Gasteiger partial charge in [0.2, 0.25) is 17.7 Å². The first-order chi connectivity index (χ1) is 8.72. The molecule has 0 bridgehead atoms. The molecule has 18 heavy (non-hydrogen) atoms. The highest BCUT2D eigenvalue weighted by molar-refractivity contribution is 5.29. The summed E-state index contributed by atoms with van der Waals surface area (Å²) in [6, 6.07) is 1.69. The number of nitrogens with zero attached hydrogens (tertiary/aromatic N) is 2. The maximum absolute atomic E-state index is 5.97. The Morgan fingerprint density at radius 1 is 1.28 bits per heavy atom. The van der Waals surface area contributed by atoms with E-state index in [1.54, 1.807) is 13.2 Å². The fourth-order valence-electron chi connectivity index (χ4n) is 2.54. The third kappa shape index (κ3) is 3.03. The summed E-state index contributed by atoms with van der Waals surface area (Å²) in [4.78, 5) is 8.06. The van der Waals surface area contributed by atoms with Crippen LogP contribution in [0.1, 0.15) is 39.0 Å². The highest BCUT2D eigenvalue weighted by atomic mass is 16.5. The summed E-state index contributed by atoms with van der Waals surface area (Å²) < 4.78 is 11.0. The van der Waals surface area contributed by atoms with Gasteiger partial charge in [0.1, 0.15) is 6.10 Å². The molecule has 1 aliphatic carbocycles. The van der Waals surface area contributed by atoms with Gasteiger partial charge in [0.15, 0.2) is 0 Å². The molecule has 100 valence electrons. The second kappa shape index (κ2) is 5.89. The van der Waals surface area contributed by atoms with E-state index in [9.17, 15) is 0 Å². The zero-order valence-electron chi connectivity index (χ0n) is 11.1. The summed E-state index contributed by atoms with van der Waals surface area (Å²) in [7, 11) is 1.56. The van der Waals surface area contributed by atoms with E-state index in [-0.39, 0.29) is 12.1 Å². The van der Waals surface area contributed by atoms with Crippen LogP contribution < -0.4 is 15.2 Å². The summed E-state index contributed by atoms with van der Waals surface area (Å²) in [5.41, 5.74) is 5.63. The molecule has 1 aromatic rings. The predicted octanol–water partition coefficient (Wildman–Crippen LogP) is 2.42. The van der Waals surface area contributed by atoms with E-state index in [4.69, 9.17) is 15.2 Å². The summed E-state index contributed by atoms with van der Waals surface area (Å²) in [5, 5.41) is 0. The van der Waals surface area contributed by atoms with Crippen LogP contribution in [-0.2, 0) is 0 Å². The molecule has 2 atom stereocenters. The van der Waals surface area contributed by atoms with Gasteiger partial charge < -0.3 is 15.2 Å². The summed E-state index contributed by atoms with van der Waals surface area (Å²) in [6.45, 7) is 2.21. The topological polar surface area (TPSA) is 70.3 Å². The first-order valence-corrected chi connectivity index (χ1v) is 6.58. The number of nitrogens with two attached hydrogens (primary N) is 1. The third-order valence-electron chi connectivity index (χ3n) is 3.54. The Hall–Kier alpha value is -1.52. The number of rotatable bonds is 4. The van der Waals surface area contributed by atoms with Crippen LogP contribution in [0.5, 0.6) is 11.8 Å². The standard InChI is InChI=1S/C13H21N3O2/c1-3-9-6-4-5-7-10(9)18-12-8-11(17-2)15-13(14)16-12/h8-10H,3-7H2,1-2H3,(H2,14,15,16). The Kier molecular flexibility index (Phi) is 4.23. The quantitative estimate of drug-likeness (QED) is 0.889. The number of nitrogen functional groups attached to an aromatic ring is 1. The lowest BCUT2D eigenvalue weighted by Crippen LogP contribution is -2.30. The first kappa shape index (κ1) is 12.9. The number of hydrogen-bond donors (Lipinski definition) is 1. The highest BCUT2D eigenvalue weighted by Gasteiger charge is 2.25. The minimum Gasteiger partial charge on any atom is -0.481 e. The van der Waals surface area contributed by atoms with E-state index < -0.39 is 0 Å². The van der Waals surface area contributed by atoms with Crippen molar-refractivity contribution < 1.29 is 9.47 Å². The van der Waals surface area contributed by atoms with Crippen LogP contribution in [0.3, 0.4) is 0 Å². The van der Waals surface area contributed by atoms with Gasteiger partial charge in [-0.05, 0) is 31.6 Å². The molecule has 0 aliphatic heterocycles. The monoisotopic (exact) mass is 251 g/mol. The van der Waals surface area contributed by atoms with Gasteiger partial charge >= 0.3 is 0 Å². The Bertz CT molecular complexity index is 398. The van der Waals surface area contributed by atoms with E-state index in [2.05, 4.69) is 16.9 Å². The van der Waals surface area contributed by atoms with Gasteiger partial charge in [-0.2, -0.15) is 9.97 Å². The second-order valence-corrected chi connectivity index (χ2v) is 4.72. The number of hydrogen-bond acceptors (Lipinski definition) is 5. The zero-order chi connectivity index (χ0) is 13.0. The van der Waals surface area contributed by atoms with Crippen LogP contribution in [0.15, 0.2) is 6.07 Å². The minimum atomic E-state index is 0.188. The van der Waals surface area contributed by atoms with Crippen molar-refractivity contribution in [3.8, 4) is 11.8 Å². The summed E-state index contributed by atoms with van der Waals surface area (Å²) in [5.74, 6) is 1.76. The van der Waals surface area contributed by atoms with Crippen molar-refractivity contribution >= 4 is 5.95 Å². The van der Waals surface area contributed by atoms with Gasteiger partial charge in [0, 0.05) is 0 Å². The Labute approximate surface area is 108 Å². The van der Waals surface area contributed by atoms with Crippen molar-refractivity contribution in [1.29, 1.82) is 0 Å². The van der Waals surface area contributed by atoms with Gasteiger partial charge in [-0.15, -0.1) is 0 Å². The van der Waals surface area contributed by atoms with Crippen LogP contribution in [0.2, 0.25) is 0 Å². The lowest BCUT2D eigenvalue weighted by molar-refractivity contribution is 0.0855. The average molecular weight is 251 g/mol. The smallest absolute Gasteiger partial charge is 0.226 e. The van der Waals surface area contributed by atoms with Crippen molar-refractivity contribution in [3.63, 3.8) is 0 Å². The molecule has 2 unspecified atom stereocenters. The van der Waals surface area contributed by atoms with Crippen molar-refractivity contribution in [3.05, 3.63) is 6.07 Å². The third-order valence-corrected chi connectivity index (χ3v) is 3.54. The fraction of sp³-hybridized carbons (Fsp3) is 0.692. The molecule has 0 radical (unpaired) electrons. The van der Waals surface area contributed by atoms with Crippen LogP contribution in [0.4, 0.5) is 5.95 Å². The predicted molar refractivity (Wildman–Crippen MR) is 69.7 cm³/mol. The maximum atomic E-state index is 5.97. The molecule has 1 saturated carbocycles. The molecule has 2 N–H and O–H groups in total. The average Bonchev–Trinajstić information content (AvgIpc) is 2.38. The molecular weight excluding hydrogens is 230 g/mol. The van der Waals surface area contributed by atoms with Gasteiger partial charge in [-0.3, -0.25) is 0 Å². The maximum Gasteiger partial charge on any atom is 0.226 e. The van der Waals surface area contributed by atoms with Crippen LogP contribution in [0.25, 0.3) is 0 Å². The van der Waals surface area contributed by atoms with Crippen molar-refractivity contribution in [2.24, 2.45) is 5.92 Å². The molecule has 5 nitrogen and oxygen atoms in total. The molecule has 0 amide bonds. The first-order valence-electron chi connectivity index (χ1n) is 6.58. The zero-order valence-corrected chi connectivity index (χ0v) is 11.1. The van der Waals surface area contributed by atoms with Gasteiger partial charge in [-0.25, -0.2) is 0 Å². The molecule has 1 fully saturated rings. The Morgan fingerprint density at radius 2 is 2.00 bits per heavy atom. The van der Waals surface area contributed by atoms with E-state index >= 15 is 0 Å². The van der Waals surface area contributed by atoms with Crippen molar-refractivity contribution in [2.45, 2.75) is 45.1 Å². The molecule has 0 spiro atoms. The van der Waals surface area contributed by atoms with E-state index in [0.29, 0.717) is 17.7 Å². The normalized spacial score (nSPS) is 23.7. The van der Waals surface area contributed by atoms with E-state index in [1.807, 2.05) is 0 Å². The minimum absolute atomic E-state index is 0.188. The van der Waals surface area contributed by atoms with Crippen molar-refractivity contribution in [1.82, 2.24) is 9.97 Å². The van der Waals surface area contributed by atoms with Gasteiger partial charge in [0.05, 0.1) is 13.2 Å². The summed E-state index contributed by atoms with van der Waals surface area (Å²) >= 11 is 0. The number of aromatic nitrogens is 2. The second-order valence-electron chi connectivity index (χ2n) is 4.72. The molecule has 1 aliphatic rings. The van der Waals surface area contributed by atoms with Crippen LogP contribution in [-0.4, -0.2) is 23.2 Å². The Balaban J connectivity index is 2.09. The Morgan fingerprint density at radius 3 is 2.72 bits per heavy atom. The van der Waals surface area contributed by atoms with E-state index in [0.717, 1.165) is 12.8 Å². The molecule has 2 rings (SSSR count). The lowest BCUT2D eigenvalue weighted by Gasteiger charge is -2.30. The SMILES string of the molecule is CCC1CCCCC1Oc1cc(OC)nc(N)n1. The van der Waals surface area contributed by atoms with Gasteiger partial charge in [-0.1, -0.05) is 13.3 Å². The molecule has 0 saturated heterocycles. The number of ether oxygens (including phenoxy) is 2. The van der Waals surface area contributed by atoms with Crippen LogP contribution >= 0.6 is 0 Å². The fourth-order valence-corrected chi connectivity index (χ4v) is 2.54. The molecule has 1 aromatic heterocycles. The van der Waals surface area contributed by atoms with E-state index in [1.165, 1.54) is 19.3 Å². The lowest BCUT2D eigenvalue weighted by atomic mass is 9.85.